The molecule has 0 saturated carbocycles. The van der Waals surface area contributed by atoms with E-state index < -0.39 is 0 Å². The van der Waals surface area contributed by atoms with E-state index in [0.29, 0.717) is 16.1 Å². The van der Waals surface area contributed by atoms with Gasteiger partial charge in [-0.05, 0) is 24.3 Å². The second kappa shape index (κ2) is 7.77. The van der Waals surface area contributed by atoms with Gasteiger partial charge in [-0.15, -0.1) is 0 Å². The Bertz CT molecular complexity index is 632. The molecule has 0 bridgehead atoms. The topological polar surface area (TPSA) is 71.1 Å². The van der Waals surface area contributed by atoms with Gasteiger partial charge in [-0.2, -0.15) is 0 Å². The number of hydrogen-bond acceptors (Lipinski definition) is 3. The number of aromatic nitrogens is 1. The number of pyridine rings is 1. The molecule has 1 aromatic heterocycles. The lowest BCUT2D eigenvalue weighted by Crippen LogP contribution is -2.34. The molecule has 0 atom stereocenters. The Morgan fingerprint density at radius 3 is 2.14 bits per heavy atom. The number of hydrogen-bond donors (Lipinski definition) is 2. The molecular formula is C15H13Cl2N3O2. The SMILES string of the molecule is O=C(NCCNC(=O)c1cccnc1Cl)c1ccccc1Cl. The molecule has 0 saturated heterocycles. The van der Waals surface area contributed by atoms with Crippen LogP contribution in [0.1, 0.15) is 20.7 Å². The van der Waals surface area contributed by atoms with E-state index in [4.69, 9.17) is 23.2 Å². The molecule has 5 nitrogen and oxygen atoms in total. The van der Waals surface area contributed by atoms with Crippen LogP contribution >= 0.6 is 23.2 Å². The predicted octanol–water partition coefficient (Wildman–Crippen LogP) is 2.55. The van der Waals surface area contributed by atoms with Crippen LogP contribution in [0.3, 0.4) is 0 Å². The van der Waals surface area contributed by atoms with E-state index in [1.54, 1.807) is 36.4 Å². The number of nitrogens with zero attached hydrogens (tertiary/aromatic N) is 1. The van der Waals surface area contributed by atoms with Crippen molar-refractivity contribution >= 4 is 35.0 Å². The van der Waals surface area contributed by atoms with Gasteiger partial charge in [0.15, 0.2) is 0 Å². The first-order valence-electron chi connectivity index (χ1n) is 6.51. The first-order valence-corrected chi connectivity index (χ1v) is 7.26. The van der Waals surface area contributed by atoms with Crippen molar-refractivity contribution in [3.05, 3.63) is 63.9 Å². The Morgan fingerprint density at radius 1 is 0.909 bits per heavy atom. The lowest BCUT2D eigenvalue weighted by atomic mass is 10.2. The summed E-state index contributed by atoms with van der Waals surface area (Å²) in [4.78, 5) is 27.6. The maximum absolute atomic E-state index is 11.9. The number of carbonyl (C=O) groups is 2. The van der Waals surface area contributed by atoms with Gasteiger partial charge in [0, 0.05) is 19.3 Å². The fraction of sp³-hybridized carbons (Fsp3) is 0.133. The summed E-state index contributed by atoms with van der Waals surface area (Å²) in [5.41, 5.74) is 0.687. The van der Waals surface area contributed by atoms with E-state index in [2.05, 4.69) is 15.6 Å². The standard InChI is InChI=1S/C15H13Cl2N3O2/c16-12-6-2-1-4-10(12)14(21)19-8-9-20-15(22)11-5-3-7-18-13(11)17/h1-7H,8-9H2,(H,19,21)(H,20,22). The third kappa shape index (κ3) is 4.19. The minimum absolute atomic E-state index is 0.139. The maximum atomic E-state index is 11.9. The van der Waals surface area contributed by atoms with Crippen LogP contribution in [0.5, 0.6) is 0 Å². The second-order valence-electron chi connectivity index (χ2n) is 4.33. The average Bonchev–Trinajstić information content (AvgIpc) is 2.52. The maximum Gasteiger partial charge on any atom is 0.254 e. The first kappa shape index (κ1) is 16.3. The number of amides is 2. The minimum Gasteiger partial charge on any atom is -0.350 e. The molecule has 0 aliphatic heterocycles. The van der Waals surface area contributed by atoms with Gasteiger partial charge >= 0.3 is 0 Å². The van der Waals surface area contributed by atoms with Crippen LogP contribution < -0.4 is 10.6 Å². The van der Waals surface area contributed by atoms with Gasteiger partial charge in [-0.1, -0.05) is 35.3 Å². The van der Waals surface area contributed by atoms with Crippen LogP contribution in [-0.2, 0) is 0 Å². The Labute approximate surface area is 137 Å². The lowest BCUT2D eigenvalue weighted by molar-refractivity contribution is 0.0927. The van der Waals surface area contributed by atoms with Crippen molar-refractivity contribution in [2.24, 2.45) is 0 Å². The summed E-state index contributed by atoms with van der Waals surface area (Å²) in [6, 6.07) is 9.95. The average molecular weight is 338 g/mol. The van der Waals surface area contributed by atoms with E-state index in [1.807, 2.05) is 0 Å². The van der Waals surface area contributed by atoms with Crippen molar-refractivity contribution in [1.29, 1.82) is 0 Å². The quantitative estimate of drug-likeness (QED) is 0.650. The third-order valence-corrected chi connectivity index (χ3v) is 3.45. The van der Waals surface area contributed by atoms with Crippen molar-refractivity contribution in [2.75, 3.05) is 13.1 Å². The van der Waals surface area contributed by atoms with Gasteiger partial charge in [0.1, 0.15) is 5.15 Å². The zero-order chi connectivity index (χ0) is 15.9. The van der Waals surface area contributed by atoms with Crippen LogP contribution in [0.15, 0.2) is 42.6 Å². The highest BCUT2D eigenvalue weighted by molar-refractivity contribution is 6.33. The number of benzene rings is 1. The summed E-state index contributed by atoms with van der Waals surface area (Å²) >= 11 is 11.8. The van der Waals surface area contributed by atoms with Crippen LogP contribution in [0.2, 0.25) is 10.2 Å². The summed E-state index contributed by atoms with van der Waals surface area (Å²) in [7, 11) is 0. The number of rotatable bonds is 5. The molecule has 2 aromatic rings. The number of halogens is 2. The molecule has 0 spiro atoms. The fourth-order valence-corrected chi connectivity index (χ4v) is 2.17. The van der Waals surface area contributed by atoms with Gasteiger partial charge in [0.2, 0.25) is 0 Å². The monoisotopic (exact) mass is 337 g/mol. The van der Waals surface area contributed by atoms with Gasteiger partial charge in [-0.25, -0.2) is 4.98 Å². The highest BCUT2D eigenvalue weighted by Crippen LogP contribution is 2.14. The molecule has 2 N–H and O–H groups in total. The van der Waals surface area contributed by atoms with Crippen molar-refractivity contribution < 1.29 is 9.59 Å². The van der Waals surface area contributed by atoms with E-state index in [9.17, 15) is 9.59 Å². The van der Waals surface area contributed by atoms with Gasteiger partial charge in [-0.3, -0.25) is 9.59 Å². The lowest BCUT2D eigenvalue weighted by Gasteiger charge is -2.08. The Kier molecular flexibility index (Phi) is 5.75. The highest BCUT2D eigenvalue weighted by atomic mass is 35.5. The third-order valence-electron chi connectivity index (χ3n) is 2.82. The summed E-state index contributed by atoms with van der Waals surface area (Å²) in [5, 5.41) is 5.84. The van der Waals surface area contributed by atoms with Crippen molar-refractivity contribution in [3.8, 4) is 0 Å². The summed E-state index contributed by atoms with van der Waals surface area (Å²) in [5.74, 6) is -0.635. The molecule has 0 unspecified atom stereocenters. The molecule has 2 rings (SSSR count). The number of carbonyl (C=O) groups excluding carboxylic acids is 2. The molecule has 2 amide bonds. The molecule has 0 aliphatic rings. The molecule has 0 aliphatic carbocycles. The van der Waals surface area contributed by atoms with Crippen molar-refractivity contribution in [3.63, 3.8) is 0 Å². The molecule has 114 valence electrons. The summed E-state index contributed by atoms with van der Waals surface area (Å²) in [6.07, 6.45) is 1.50. The van der Waals surface area contributed by atoms with Crippen LogP contribution in [0.4, 0.5) is 0 Å². The highest BCUT2D eigenvalue weighted by Gasteiger charge is 2.11. The Morgan fingerprint density at radius 2 is 1.50 bits per heavy atom. The summed E-state index contributed by atoms with van der Waals surface area (Å²) < 4.78 is 0. The molecular weight excluding hydrogens is 325 g/mol. The largest absolute Gasteiger partial charge is 0.350 e. The first-order chi connectivity index (χ1) is 10.6. The minimum atomic E-state index is -0.343. The van der Waals surface area contributed by atoms with Crippen LogP contribution in [-0.4, -0.2) is 29.9 Å². The van der Waals surface area contributed by atoms with Gasteiger partial charge in [0.25, 0.3) is 11.8 Å². The Hall–Kier alpha value is -2.11. The van der Waals surface area contributed by atoms with Crippen LogP contribution in [0, 0.1) is 0 Å². The molecule has 7 heteroatoms. The molecule has 1 heterocycles. The van der Waals surface area contributed by atoms with Crippen LogP contribution in [0.25, 0.3) is 0 Å². The molecule has 0 fully saturated rings. The molecule has 0 radical (unpaired) electrons. The van der Waals surface area contributed by atoms with E-state index >= 15 is 0 Å². The molecule has 1 aromatic carbocycles. The fourth-order valence-electron chi connectivity index (χ4n) is 1.74. The van der Waals surface area contributed by atoms with Crippen molar-refractivity contribution in [2.45, 2.75) is 0 Å². The Balaban J connectivity index is 1.80. The zero-order valence-electron chi connectivity index (χ0n) is 11.5. The van der Waals surface area contributed by atoms with E-state index in [1.165, 1.54) is 6.20 Å². The van der Waals surface area contributed by atoms with Crippen molar-refractivity contribution in [1.82, 2.24) is 15.6 Å². The van der Waals surface area contributed by atoms with E-state index in [0.717, 1.165) is 0 Å². The normalized spacial score (nSPS) is 10.1. The number of nitrogens with one attached hydrogen (secondary N) is 2. The van der Waals surface area contributed by atoms with Gasteiger partial charge in [0.05, 0.1) is 16.1 Å². The molecule has 22 heavy (non-hydrogen) atoms. The summed E-state index contributed by atoms with van der Waals surface area (Å²) in [6.45, 7) is 0.536. The smallest absolute Gasteiger partial charge is 0.254 e. The predicted molar refractivity (Wildman–Crippen MR) is 85.4 cm³/mol. The second-order valence-corrected chi connectivity index (χ2v) is 5.10. The van der Waals surface area contributed by atoms with E-state index in [-0.39, 0.29) is 30.1 Å². The van der Waals surface area contributed by atoms with Gasteiger partial charge < -0.3 is 10.6 Å². The zero-order valence-corrected chi connectivity index (χ0v) is 13.0.